The molecule has 0 fully saturated rings. The molecule has 160 valence electrons. The Bertz CT molecular complexity index is 1040. The third-order valence-electron chi connectivity index (χ3n) is 4.38. The molecule has 0 bridgehead atoms. The van der Waals surface area contributed by atoms with E-state index >= 15 is 0 Å². The number of aliphatic imine (C=N–C) groups is 1. The molecule has 1 atom stereocenters. The number of nitrogens with zero attached hydrogens (tertiary/aromatic N) is 6. The first-order valence-corrected chi connectivity index (χ1v) is 9.77. The third kappa shape index (κ3) is 4.98. The van der Waals surface area contributed by atoms with Crippen molar-refractivity contribution in [2.24, 2.45) is 4.99 Å². The van der Waals surface area contributed by atoms with Crippen molar-refractivity contribution < 1.29 is 19.3 Å². The van der Waals surface area contributed by atoms with Crippen molar-refractivity contribution in [3.63, 3.8) is 0 Å². The van der Waals surface area contributed by atoms with Crippen molar-refractivity contribution >= 4 is 33.3 Å². The third-order valence-corrected chi connectivity index (χ3v) is 4.98. The Hall–Kier alpha value is -2.90. The maximum Gasteiger partial charge on any atom is 0.202 e. The van der Waals surface area contributed by atoms with Crippen LogP contribution >= 0.6 is 15.9 Å². The fourth-order valence-corrected chi connectivity index (χ4v) is 2.77. The summed E-state index contributed by atoms with van der Waals surface area (Å²) < 4.78 is 19.9. The quantitative estimate of drug-likeness (QED) is 0.215. The summed E-state index contributed by atoms with van der Waals surface area (Å²) in [7, 11) is 0. The molecular weight excluding hydrogens is 463 g/mol. The molecule has 11 nitrogen and oxygen atoms in total. The first-order chi connectivity index (χ1) is 14.3. The second-order valence-electron chi connectivity index (χ2n) is 6.55. The topological polar surface area (TPSA) is 147 Å². The predicted molar refractivity (Wildman–Crippen MR) is 108 cm³/mol. The van der Waals surface area contributed by atoms with Gasteiger partial charge in [0.15, 0.2) is 11.5 Å². The largest absolute Gasteiger partial charge is 0.384 e. The molecule has 0 aliphatic rings. The molecule has 4 N–H and O–H groups in total. The van der Waals surface area contributed by atoms with E-state index in [1.807, 2.05) is 12.4 Å². The highest BCUT2D eigenvalue weighted by molar-refractivity contribution is 9.10. The molecule has 30 heavy (non-hydrogen) atoms. The van der Waals surface area contributed by atoms with Gasteiger partial charge in [-0.15, -0.1) is 5.10 Å². The van der Waals surface area contributed by atoms with Gasteiger partial charge in [-0.05, 0) is 57.8 Å². The highest BCUT2D eigenvalue weighted by Gasteiger charge is 2.24. The first-order valence-electron chi connectivity index (χ1n) is 8.97. The standard InChI is InChI=1S/C17H20BrFN8O3/c1-3-17(2,28)13-9-27(26-22-13)7-6-20-15-14(24-30-25-15)16(23-29)21-10-4-5-12(19)11(18)8-10/h4-5,8-9,28-29H,3,6-7H2,1-2H3,(H,20,25)(H,21,23). The van der Waals surface area contributed by atoms with Crippen molar-refractivity contribution in [2.45, 2.75) is 32.4 Å². The number of halogens is 2. The normalized spacial score (nSPS) is 13.9. The summed E-state index contributed by atoms with van der Waals surface area (Å²) in [5, 5.41) is 38.2. The molecule has 0 aliphatic heterocycles. The predicted octanol–water partition coefficient (Wildman–Crippen LogP) is 2.35. The zero-order valence-corrected chi connectivity index (χ0v) is 17.8. The van der Waals surface area contributed by atoms with Gasteiger partial charge in [-0.1, -0.05) is 12.1 Å². The van der Waals surface area contributed by atoms with Gasteiger partial charge in [0.25, 0.3) is 0 Å². The number of nitrogens with one attached hydrogen (secondary N) is 2. The van der Waals surface area contributed by atoms with Crippen LogP contribution < -0.4 is 10.8 Å². The number of aromatic nitrogens is 5. The molecule has 3 aromatic rings. The minimum atomic E-state index is -1.04. The van der Waals surface area contributed by atoms with Crippen LogP contribution in [0.25, 0.3) is 0 Å². The number of hydrogen-bond donors (Lipinski definition) is 4. The van der Waals surface area contributed by atoms with Crippen LogP contribution in [0.5, 0.6) is 0 Å². The summed E-state index contributed by atoms with van der Waals surface area (Å²) in [5.74, 6) is -0.244. The van der Waals surface area contributed by atoms with E-state index in [0.29, 0.717) is 30.9 Å². The number of aliphatic hydroxyl groups is 1. The lowest BCUT2D eigenvalue weighted by atomic mass is 10.0. The van der Waals surface area contributed by atoms with Crippen LogP contribution in [0.3, 0.4) is 0 Å². The van der Waals surface area contributed by atoms with Gasteiger partial charge in [0.2, 0.25) is 5.82 Å². The molecule has 0 spiro atoms. The van der Waals surface area contributed by atoms with Gasteiger partial charge in [0.05, 0.1) is 22.9 Å². The Labute approximate surface area is 179 Å². The van der Waals surface area contributed by atoms with E-state index in [2.05, 4.69) is 46.9 Å². The fraction of sp³-hybridized carbons (Fsp3) is 0.353. The second-order valence-corrected chi connectivity index (χ2v) is 7.41. The summed E-state index contributed by atoms with van der Waals surface area (Å²) in [6, 6.07) is 4.12. The van der Waals surface area contributed by atoms with Crippen LogP contribution in [-0.2, 0) is 12.1 Å². The Balaban J connectivity index is 1.69. The van der Waals surface area contributed by atoms with Crippen LogP contribution in [-0.4, -0.2) is 48.0 Å². The lowest BCUT2D eigenvalue weighted by Gasteiger charge is -2.16. The zero-order chi connectivity index (χ0) is 21.7. The average Bonchev–Trinajstić information content (AvgIpc) is 3.39. The van der Waals surface area contributed by atoms with E-state index < -0.39 is 11.4 Å². The zero-order valence-electron chi connectivity index (χ0n) is 16.2. The Morgan fingerprint density at radius 1 is 1.40 bits per heavy atom. The van der Waals surface area contributed by atoms with E-state index in [0.717, 1.165) is 0 Å². The number of anilines is 1. The molecular formula is C17H20BrFN8O3. The van der Waals surface area contributed by atoms with Gasteiger partial charge >= 0.3 is 0 Å². The Morgan fingerprint density at radius 2 is 2.20 bits per heavy atom. The van der Waals surface area contributed by atoms with Crippen molar-refractivity contribution in [3.05, 3.63) is 46.1 Å². The number of hydrogen-bond acceptors (Lipinski definition) is 9. The van der Waals surface area contributed by atoms with Crippen LogP contribution in [0.2, 0.25) is 0 Å². The molecule has 0 aliphatic carbocycles. The van der Waals surface area contributed by atoms with Gasteiger partial charge in [-0.25, -0.2) is 14.0 Å². The molecule has 2 aromatic heterocycles. The Morgan fingerprint density at radius 3 is 2.90 bits per heavy atom. The number of amidine groups is 1. The van der Waals surface area contributed by atoms with Crippen LogP contribution in [0.4, 0.5) is 15.9 Å². The molecule has 2 heterocycles. The summed E-state index contributed by atoms with van der Waals surface area (Å²) in [5.41, 5.74) is 1.89. The molecule has 0 saturated carbocycles. The van der Waals surface area contributed by atoms with E-state index in [4.69, 9.17) is 4.63 Å². The maximum absolute atomic E-state index is 13.4. The monoisotopic (exact) mass is 482 g/mol. The van der Waals surface area contributed by atoms with Crippen molar-refractivity contribution in [1.29, 1.82) is 0 Å². The fourth-order valence-electron chi connectivity index (χ4n) is 2.40. The molecule has 13 heteroatoms. The number of hydroxylamine groups is 1. The van der Waals surface area contributed by atoms with Crippen LogP contribution in [0.1, 0.15) is 31.7 Å². The molecule has 0 radical (unpaired) electrons. The molecule has 1 aromatic carbocycles. The van der Waals surface area contributed by atoms with E-state index in [1.54, 1.807) is 17.8 Å². The van der Waals surface area contributed by atoms with Gasteiger partial charge < -0.3 is 10.4 Å². The van der Waals surface area contributed by atoms with E-state index in [1.165, 1.54) is 18.2 Å². The van der Waals surface area contributed by atoms with Crippen LogP contribution in [0, 0.1) is 5.82 Å². The van der Waals surface area contributed by atoms with E-state index in [9.17, 15) is 14.7 Å². The van der Waals surface area contributed by atoms with Gasteiger partial charge in [0, 0.05) is 6.54 Å². The van der Waals surface area contributed by atoms with Crippen molar-refractivity contribution in [1.82, 2.24) is 30.8 Å². The van der Waals surface area contributed by atoms with Gasteiger partial charge in [-0.2, -0.15) is 0 Å². The van der Waals surface area contributed by atoms with Gasteiger partial charge in [-0.3, -0.25) is 15.4 Å². The van der Waals surface area contributed by atoms with Gasteiger partial charge in [0.1, 0.15) is 17.1 Å². The molecule has 1 unspecified atom stereocenters. The van der Waals surface area contributed by atoms with Crippen molar-refractivity contribution in [2.75, 3.05) is 11.9 Å². The van der Waals surface area contributed by atoms with E-state index in [-0.39, 0.29) is 21.8 Å². The maximum atomic E-state index is 13.4. The lowest BCUT2D eigenvalue weighted by molar-refractivity contribution is 0.0484. The molecule has 0 amide bonds. The summed E-state index contributed by atoms with van der Waals surface area (Å²) in [6.07, 6.45) is 2.18. The second kappa shape index (κ2) is 9.28. The average molecular weight is 483 g/mol. The summed E-state index contributed by atoms with van der Waals surface area (Å²) in [6.45, 7) is 4.33. The molecule has 0 saturated heterocycles. The number of benzene rings is 1. The Kier molecular flexibility index (Phi) is 6.74. The SMILES string of the molecule is CCC(C)(O)c1cn(CCNc2nonc2C(=Nc2ccc(F)c(Br)c2)NO)nn1. The minimum Gasteiger partial charge on any atom is -0.384 e. The van der Waals surface area contributed by atoms with Crippen LogP contribution in [0.15, 0.2) is 38.5 Å². The molecule has 3 rings (SSSR count). The highest BCUT2D eigenvalue weighted by Crippen LogP contribution is 2.23. The minimum absolute atomic E-state index is 0.0423. The highest BCUT2D eigenvalue weighted by atomic mass is 79.9. The smallest absolute Gasteiger partial charge is 0.202 e. The summed E-state index contributed by atoms with van der Waals surface area (Å²) in [4.78, 5) is 4.19. The van der Waals surface area contributed by atoms with Crippen molar-refractivity contribution in [3.8, 4) is 0 Å². The number of rotatable bonds is 8. The lowest BCUT2D eigenvalue weighted by Crippen LogP contribution is -2.22. The first kappa shape index (κ1) is 21.8. The summed E-state index contributed by atoms with van der Waals surface area (Å²) >= 11 is 3.08.